The lowest BCUT2D eigenvalue weighted by atomic mass is 10.0. The third-order valence-electron chi connectivity index (χ3n) is 1.81. The van der Waals surface area contributed by atoms with Crippen molar-refractivity contribution in [3.63, 3.8) is 0 Å². The van der Waals surface area contributed by atoms with Gasteiger partial charge in [-0.25, -0.2) is 4.79 Å². The maximum absolute atomic E-state index is 11.2. The van der Waals surface area contributed by atoms with Gasteiger partial charge in [-0.05, 0) is 12.5 Å². The van der Waals surface area contributed by atoms with Gasteiger partial charge in [-0.15, -0.1) is 0 Å². The van der Waals surface area contributed by atoms with Gasteiger partial charge < -0.3 is 5.11 Å². The molecular formula is C11H10O3. The normalized spacial score (nSPS) is 11.1. The Labute approximate surface area is 81.7 Å². The molecule has 3 heteroatoms. The number of carboxylic acids is 1. The minimum atomic E-state index is -1.43. The summed E-state index contributed by atoms with van der Waals surface area (Å²) < 4.78 is 0. The summed E-state index contributed by atoms with van der Waals surface area (Å²) in [5.74, 6) is -2.30. The standard InChI is InChI=1S/C11H10O3/c1-2-9(10(12)11(13)14)8-6-4-3-5-7-8/h2-7H,1H3,(H,13,14). The van der Waals surface area contributed by atoms with E-state index in [4.69, 9.17) is 5.11 Å². The summed E-state index contributed by atoms with van der Waals surface area (Å²) in [7, 11) is 0. The zero-order chi connectivity index (χ0) is 10.6. The predicted octanol–water partition coefficient (Wildman–Crippen LogP) is 1.74. The quantitative estimate of drug-likeness (QED) is 0.583. The largest absolute Gasteiger partial charge is 0.475 e. The minimum absolute atomic E-state index is 0.220. The third-order valence-corrected chi connectivity index (χ3v) is 1.81. The van der Waals surface area contributed by atoms with Crippen LogP contribution in [0.15, 0.2) is 36.4 Å². The van der Waals surface area contributed by atoms with E-state index in [1.54, 1.807) is 31.2 Å². The summed E-state index contributed by atoms with van der Waals surface area (Å²) in [6.07, 6.45) is 1.51. The molecule has 0 aliphatic heterocycles. The van der Waals surface area contributed by atoms with Crippen LogP contribution in [0.3, 0.4) is 0 Å². The van der Waals surface area contributed by atoms with E-state index in [9.17, 15) is 9.59 Å². The van der Waals surface area contributed by atoms with Crippen LogP contribution in [-0.4, -0.2) is 16.9 Å². The van der Waals surface area contributed by atoms with Crippen molar-refractivity contribution < 1.29 is 14.7 Å². The fraction of sp³-hybridized carbons (Fsp3) is 0.0909. The molecule has 0 atom stereocenters. The van der Waals surface area contributed by atoms with Gasteiger partial charge >= 0.3 is 5.97 Å². The average molecular weight is 190 g/mol. The average Bonchev–Trinajstić information content (AvgIpc) is 2.20. The molecule has 0 saturated heterocycles. The van der Waals surface area contributed by atoms with E-state index in [-0.39, 0.29) is 5.57 Å². The van der Waals surface area contributed by atoms with Crippen molar-refractivity contribution in [2.45, 2.75) is 6.92 Å². The van der Waals surface area contributed by atoms with Crippen LogP contribution in [0.5, 0.6) is 0 Å². The molecule has 0 heterocycles. The number of hydrogen-bond acceptors (Lipinski definition) is 2. The van der Waals surface area contributed by atoms with Crippen molar-refractivity contribution in [3.8, 4) is 0 Å². The van der Waals surface area contributed by atoms with E-state index < -0.39 is 11.8 Å². The van der Waals surface area contributed by atoms with Crippen LogP contribution in [0.4, 0.5) is 0 Å². The summed E-state index contributed by atoms with van der Waals surface area (Å²) >= 11 is 0. The molecule has 1 aromatic carbocycles. The van der Waals surface area contributed by atoms with Crippen molar-refractivity contribution in [2.75, 3.05) is 0 Å². The van der Waals surface area contributed by atoms with E-state index >= 15 is 0 Å². The number of aliphatic carboxylic acids is 1. The lowest BCUT2D eigenvalue weighted by Gasteiger charge is -2.01. The number of carboxylic acid groups (broad SMARTS) is 1. The van der Waals surface area contributed by atoms with Gasteiger partial charge in [0, 0.05) is 5.57 Å². The molecule has 1 aromatic rings. The van der Waals surface area contributed by atoms with Gasteiger partial charge in [0.1, 0.15) is 0 Å². The first-order chi connectivity index (χ1) is 6.66. The van der Waals surface area contributed by atoms with Gasteiger partial charge in [-0.3, -0.25) is 4.79 Å². The van der Waals surface area contributed by atoms with Gasteiger partial charge in [-0.1, -0.05) is 36.4 Å². The fourth-order valence-corrected chi connectivity index (χ4v) is 1.16. The Morgan fingerprint density at radius 3 is 2.21 bits per heavy atom. The smallest absolute Gasteiger partial charge is 0.377 e. The summed E-state index contributed by atoms with van der Waals surface area (Å²) in [5, 5.41) is 8.55. The molecule has 14 heavy (non-hydrogen) atoms. The van der Waals surface area contributed by atoms with Gasteiger partial charge in [0.2, 0.25) is 0 Å². The summed E-state index contributed by atoms with van der Waals surface area (Å²) in [6, 6.07) is 8.73. The molecular weight excluding hydrogens is 180 g/mol. The molecule has 0 aromatic heterocycles. The summed E-state index contributed by atoms with van der Waals surface area (Å²) in [6.45, 7) is 1.64. The van der Waals surface area contributed by atoms with E-state index in [0.29, 0.717) is 5.56 Å². The second kappa shape index (κ2) is 4.37. The Morgan fingerprint density at radius 2 is 1.79 bits per heavy atom. The highest BCUT2D eigenvalue weighted by Crippen LogP contribution is 2.14. The van der Waals surface area contributed by atoms with Gasteiger partial charge in [0.25, 0.3) is 5.78 Å². The van der Waals surface area contributed by atoms with Crippen LogP contribution >= 0.6 is 0 Å². The van der Waals surface area contributed by atoms with Crippen LogP contribution in [0.2, 0.25) is 0 Å². The van der Waals surface area contributed by atoms with Crippen molar-refractivity contribution in [1.82, 2.24) is 0 Å². The molecule has 0 bridgehead atoms. The zero-order valence-electron chi connectivity index (χ0n) is 7.73. The van der Waals surface area contributed by atoms with Crippen LogP contribution in [0, 0.1) is 0 Å². The molecule has 1 N–H and O–H groups in total. The molecule has 0 unspecified atom stereocenters. The number of hydrogen-bond donors (Lipinski definition) is 1. The number of rotatable bonds is 3. The molecule has 3 nitrogen and oxygen atoms in total. The number of ketones is 1. The van der Waals surface area contributed by atoms with Gasteiger partial charge in [0.15, 0.2) is 0 Å². The second-order valence-corrected chi connectivity index (χ2v) is 2.70. The molecule has 0 amide bonds. The van der Waals surface area contributed by atoms with Crippen molar-refractivity contribution >= 4 is 17.3 Å². The van der Waals surface area contributed by atoms with E-state index in [2.05, 4.69) is 0 Å². The summed E-state index contributed by atoms with van der Waals surface area (Å²) in [4.78, 5) is 21.7. The Kier molecular flexibility index (Phi) is 3.18. The maximum atomic E-state index is 11.2. The van der Waals surface area contributed by atoms with Crippen LogP contribution < -0.4 is 0 Å². The summed E-state index contributed by atoms with van der Waals surface area (Å²) in [5.41, 5.74) is 0.848. The van der Waals surface area contributed by atoms with Crippen LogP contribution in [0.1, 0.15) is 12.5 Å². The highest BCUT2D eigenvalue weighted by atomic mass is 16.4. The van der Waals surface area contributed by atoms with Crippen molar-refractivity contribution in [2.24, 2.45) is 0 Å². The van der Waals surface area contributed by atoms with E-state index in [0.717, 1.165) is 0 Å². The maximum Gasteiger partial charge on any atom is 0.377 e. The SMILES string of the molecule is CC=C(C(=O)C(=O)O)c1ccccc1. The predicted molar refractivity (Wildman–Crippen MR) is 52.7 cm³/mol. The van der Waals surface area contributed by atoms with Crippen molar-refractivity contribution in [1.29, 1.82) is 0 Å². The third kappa shape index (κ3) is 2.07. The number of carbonyl (C=O) groups excluding carboxylic acids is 1. The van der Waals surface area contributed by atoms with Gasteiger partial charge in [0.05, 0.1) is 0 Å². The first-order valence-corrected chi connectivity index (χ1v) is 4.16. The molecule has 0 radical (unpaired) electrons. The van der Waals surface area contributed by atoms with E-state index in [1.807, 2.05) is 6.07 Å². The second-order valence-electron chi connectivity index (χ2n) is 2.70. The number of carbonyl (C=O) groups is 2. The Balaban J connectivity index is 3.07. The molecule has 0 saturated carbocycles. The van der Waals surface area contributed by atoms with Gasteiger partial charge in [-0.2, -0.15) is 0 Å². The Hall–Kier alpha value is -1.90. The first kappa shape index (κ1) is 10.2. The topological polar surface area (TPSA) is 54.4 Å². The minimum Gasteiger partial charge on any atom is -0.475 e. The van der Waals surface area contributed by atoms with Crippen molar-refractivity contribution in [3.05, 3.63) is 42.0 Å². The molecule has 1 rings (SSSR count). The number of Topliss-reactive ketones (excluding diaryl/α,β-unsaturated/α-hetero) is 1. The molecule has 0 spiro atoms. The highest BCUT2D eigenvalue weighted by Gasteiger charge is 2.17. The molecule has 0 aliphatic rings. The highest BCUT2D eigenvalue weighted by molar-refractivity contribution is 6.51. The van der Waals surface area contributed by atoms with E-state index in [1.165, 1.54) is 6.08 Å². The lowest BCUT2D eigenvalue weighted by molar-refractivity contribution is -0.146. The molecule has 72 valence electrons. The Bertz CT molecular complexity index is 377. The van der Waals surface area contributed by atoms with Crippen LogP contribution in [0.25, 0.3) is 5.57 Å². The first-order valence-electron chi connectivity index (χ1n) is 4.16. The number of allylic oxidation sites excluding steroid dienone is 1. The fourth-order valence-electron chi connectivity index (χ4n) is 1.16. The Morgan fingerprint density at radius 1 is 1.21 bits per heavy atom. The zero-order valence-corrected chi connectivity index (χ0v) is 7.73. The molecule has 0 aliphatic carbocycles. The van der Waals surface area contributed by atoms with Crippen LogP contribution in [-0.2, 0) is 9.59 Å². The monoisotopic (exact) mass is 190 g/mol. The number of benzene rings is 1. The molecule has 0 fully saturated rings. The lowest BCUT2D eigenvalue weighted by Crippen LogP contribution is -2.14.